The minimum atomic E-state index is -1.66. The van der Waals surface area contributed by atoms with Gasteiger partial charge in [-0.15, -0.1) is 23.2 Å². The van der Waals surface area contributed by atoms with Gasteiger partial charge in [0, 0.05) is 44.3 Å². The summed E-state index contributed by atoms with van der Waals surface area (Å²) < 4.78 is 11.1. The molecule has 20 heteroatoms. The van der Waals surface area contributed by atoms with Crippen molar-refractivity contribution in [2.45, 2.75) is 38.8 Å². The van der Waals surface area contributed by atoms with E-state index >= 15 is 0 Å². The Morgan fingerprint density at radius 1 is 0.530 bits per heavy atom. The van der Waals surface area contributed by atoms with Crippen LogP contribution >= 0.6 is 46.4 Å². The van der Waals surface area contributed by atoms with E-state index in [0.29, 0.717) is 36.0 Å². The van der Waals surface area contributed by atoms with E-state index in [1.54, 1.807) is 24.3 Å². The van der Waals surface area contributed by atoms with Gasteiger partial charge in [0.1, 0.15) is 0 Å². The summed E-state index contributed by atoms with van der Waals surface area (Å²) in [5.41, 5.74) is 3.29. The fourth-order valence-corrected chi connectivity index (χ4v) is 7.16. The van der Waals surface area contributed by atoms with Crippen molar-refractivity contribution >= 4 is 116 Å². The van der Waals surface area contributed by atoms with E-state index in [2.05, 4.69) is 41.7 Å². The number of ketones is 2. The van der Waals surface area contributed by atoms with Crippen LogP contribution in [0, 0.1) is 0 Å². The van der Waals surface area contributed by atoms with Gasteiger partial charge in [0.25, 0.3) is 23.6 Å². The Morgan fingerprint density at radius 2 is 0.909 bits per heavy atom. The van der Waals surface area contributed by atoms with E-state index in [1.807, 2.05) is 24.3 Å². The standard InChI is InChI=1S/C46H42Cl4N8O8/c1-25(59)39(57-55-33-21-29(19-31(49)23-33)43(61)51-35-11-7-5-9-27(35)15-17-47)45(63)53-37-13-14-38(42(66-4)41(37)65-3)54-46(64)40(26(2)60)58-56-34-22-30(20-32(50)24-34)44(62)52-36-12-8-6-10-28(36)16-18-48/h5-14,19-24,39-40H,15-18H2,1-4H3,(H,51,61)(H,52,62)(H,53,63)(H,54,64). The topological polar surface area (TPSA) is 218 Å². The van der Waals surface area contributed by atoms with Crippen LogP contribution in [0.4, 0.5) is 34.1 Å². The minimum absolute atomic E-state index is 0.0149. The van der Waals surface area contributed by atoms with E-state index in [-0.39, 0.29) is 55.4 Å². The highest BCUT2D eigenvalue weighted by molar-refractivity contribution is 6.32. The fourth-order valence-electron chi connectivity index (χ4n) is 6.29. The number of nitrogens with zero attached hydrogens (tertiary/aromatic N) is 4. The van der Waals surface area contributed by atoms with Gasteiger partial charge in [-0.2, -0.15) is 20.5 Å². The van der Waals surface area contributed by atoms with Gasteiger partial charge in [0.05, 0.1) is 37.0 Å². The number of ether oxygens (including phenoxy) is 2. The molecule has 0 radical (unpaired) electrons. The van der Waals surface area contributed by atoms with E-state index in [4.69, 9.17) is 55.9 Å². The van der Waals surface area contributed by atoms with E-state index in [9.17, 15) is 28.8 Å². The van der Waals surface area contributed by atoms with Crippen LogP contribution in [0.25, 0.3) is 0 Å². The first-order chi connectivity index (χ1) is 31.6. The van der Waals surface area contributed by atoms with Crippen LogP contribution < -0.4 is 30.7 Å². The maximum Gasteiger partial charge on any atom is 0.258 e. The first-order valence-corrected chi connectivity index (χ1v) is 21.7. The molecule has 4 N–H and O–H groups in total. The van der Waals surface area contributed by atoms with Crippen LogP contribution in [0.15, 0.2) is 118 Å². The Labute approximate surface area is 399 Å². The quantitative estimate of drug-likeness (QED) is 0.0333. The lowest BCUT2D eigenvalue weighted by molar-refractivity contribution is -0.127. The molecular weight excluding hydrogens is 934 g/mol. The van der Waals surface area contributed by atoms with Crippen LogP contribution in [-0.4, -0.2) is 73.3 Å². The van der Waals surface area contributed by atoms with Gasteiger partial charge < -0.3 is 30.7 Å². The number of rotatable bonds is 20. The van der Waals surface area contributed by atoms with Gasteiger partial charge in [-0.3, -0.25) is 28.8 Å². The molecule has 0 aromatic heterocycles. The second-order valence-corrected chi connectivity index (χ2v) is 15.8. The highest BCUT2D eigenvalue weighted by Crippen LogP contribution is 2.42. The second kappa shape index (κ2) is 24.0. The van der Waals surface area contributed by atoms with Crippen LogP contribution in [0.1, 0.15) is 45.7 Å². The van der Waals surface area contributed by atoms with Crippen molar-refractivity contribution in [3.05, 3.63) is 129 Å². The van der Waals surface area contributed by atoms with Crippen molar-refractivity contribution in [2.24, 2.45) is 20.5 Å². The molecule has 0 saturated carbocycles. The molecule has 342 valence electrons. The Balaban J connectivity index is 1.31. The number of anilines is 4. The number of halogens is 4. The van der Waals surface area contributed by atoms with E-state index in [1.165, 1.54) is 62.8 Å². The number of carbonyl (C=O) groups excluding carboxylic acids is 6. The molecule has 2 unspecified atom stereocenters. The molecule has 0 aliphatic heterocycles. The van der Waals surface area contributed by atoms with Gasteiger partial charge in [0.2, 0.25) is 12.1 Å². The molecule has 5 aromatic rings. The second-order valence-electron chi connectivity index (χ2n) is 14.2. The zero-order valence-electron chi connectivity index (χ0n) is 35.8. The summed E-state index contributed by atoms with van der Waals surface area (Å²) in [6.45, 7) is 2.29. The molecule has 2 atom stereocenters. The van der Waals surface area contributed by atoms with Gasteiger partial charge in [-0.1, -0.05) is 59.6 Å². The van der Waals surface area contributed by atoms with Crippen molar-refractivity contribution in [3.8, 4) is 11.5 Å². The molecular formula is C46H42Cl4N8O8. The third kappa shape index (κ3) is 13.4. The number of alkyl halides is 2. The first-order valence-electron chi connectivity index (χ1n) is 19.9. The minimum Gasteiger partial charge on any atom is -0.491 e. The first kappa shape index (κ1) is 50.3. The number of aryl methyl sites for hydroxylation is 2. The maximum atomic E-state index is 13.5. The molecule has 0 heterocycles. The van der Waals surface area contributed by atoms with Gasteiger partial charge in [-0.25, -0.2) is 0 Å². The van der Waals surface area contributed by atoms with Crippen LogP contribution in [0.3, 0.4) is 0 Å². The molecule has 0 bridgehead atoms. The molecule has 16 nitrogen and oxygen atoms in total. The number of azo groups is 2. The van der Waals surface area contributed by atoms with Crippen LogP contribution in [0.5, 0.6) is 11.5 Å². The van der Waals surface area contributed by atoms with Crippen LogP contribution in [0.2, 0.25) is 10.0 Å². The average Bonchev–Trinajstić information content (AvgIpc) is 3.27. The average molecular weight is 977 g/mol. The molecule has 4 amide bonds. The summed E-state index contributed by atoms with van der Waals surface area (Å²) in [7, 11) is 2.55. The lowest BCUT2D eigenvalue weighted by Crippen LogP contribution is -2.32. The third-order valence-corrected chi connectivity index (χ3v) is 10.2. The van der Waals surface area contributed by atoms with Gasteiger partial charge >= 0.3 is 0 Å². The number of carbonyl (C=O) groups is 6. The highest BCUT2D eigenvalue weighted by Gasteiger charge is 2.28. The molecule has 66 heavy (non-hydrogen) atoms. The number of hydrogen-bond donors (Lipinski definition) is 4. The van der Waals surface area contributed by atoms with Crippen LogP contribution in [-0.2, 0) is 32.0 Å². The van der Waals surface area contributed by atoms with Crippen molar-refractivity contribution < 1.29 is 38.2 Å². The zero-order valence-corrected chi connectivity index (χ0v) is 38.8. The lowest BCUT2D eigenvalue weighted by Gasteiger charge is -2.19. The Kier molecular flexibility index (Phi) is 18.3. The largest absolute Gasteiger partial charge is 0.491 e. The monoisotopic (exact) mass is 974 g/mol. The smallest absolute Gasteiger partial charge is 0.258 e. The normalized spacial score (nSPS) is 12.0. The molecule has 0 aliphatic rings. The van der Waals surface area contributed by atoms with Gasteiger partial charge in [0.15, 0.2) is 23.1 Å². The molecule has 0 aliphatic carbocycles. The number of methoxy groups -OCH3 is 2. The third-order valence-electron chi connectivity index (χ3n) is 9.43. The van der Waals surface area contributed by atoms with E-state index < -0.39 is 47.3 Å². The summed E-state index contributed by atoms with van der Waals surface area (Å²) in [5, 5.41) is 27.2. The number of amides is 4. The lowest BCUT2D eigenvalue weighted by atomic mass is 10.1. The highest BCUT2D eigenvalue weighted by atomic mass is 35.5. The Morgan fingerprint density at radius 3 is 1.26 bits per heavy atom. The van der Waals surface area contributed by atoms with Crippen molar-refractivity contribution in [2.75, 3.05) is 47.2 Å². The zero-order chi connectivity index (χ0) is 47.9. The summed E-state index contributed by atoms with van der Waals surface area (Å²) in [6.07, 6.45) is 1.06. The number of hydrogen-bond acceptors (Lipinski definition) is 12. The summed E-state index contributed by atoms with van der Waals surface area (Å²) in [4.78, 5) is 78.9. The van der Waals surface area contributed by atoms with E-state index in [0.717, 1.165) is 25.0 Å². The molecule has 5 rings (SSSR count). The number of para-hydroxylation sites is 2. The van der Waals surface area contributed by atoms with Crippen molar-refractivity contribution in [3.63, 3.8) is 0 Å². The fraction of sp³-hybridized carbons (Fsp3) is 0.217. The van der Waals surface area contributed by atoms with Crippen molar-refractivity contribution in [1.82, 2.24) is 0 Å². The summed E-state index contributed by atoms with van der Waals surface area (Å²) in [5.74, 6) is -3.58. The molecule has 5 aromatic carbocycles. The number of Topliss-reactive ketones (excluding diaryl/α,β-unsaturated/α-hetero) is 2. The predicted molar refractivity (Wildman–Crippen MR) is 255 cm³/mol. The molecule has 0 fully saturated rings. The molecule has 0 spiro atoms. The number of benzene rings is 5. The SMILES string of the molecule is COc1c(NC(=O)C(N=Nc2cc(Cl)cc(C(=O)Nc3ccccc3CCCl)c2)C(C)=O)ccc(NC(=O)C(N=Nc2cc(Cl)cc(C(=O)Nc3ccccc3CCCl)c2)C(C)=O)c1OC. The van der Waals surface area contributed by atoms with Crippen molar-refractivity contribution in [1.29, 1.82) is 0 Å². The summed E-state index contributed by atoms with van der Waals surface area (Å²) >= 11 is 24.5. The molecule has 0 saturated heterocycles. The summed E-state index contributed by atoms with van der Waals surface area (Å²) in [6, 6.07) is 22.2. The maximum absolute atomic E-state index is 13.5. The predicted octanol–water partition coefficient (Wildman–Crippen LogP) is 10.4. The number of nitrogens with one attached hydrogen (secondary N) is 4. The Bertz CT molecular complexity index is 2530. The Hall–Kier alpha value is -6.72. The van der Waals surface area contributed by atoms with Gasteiger partial charge in [-0.05, 0) is 98.5 Å².